The highest BCUT2D eigenvalue weighted by Crippen LogP contribution is 2.33. The van der Waals surface area contributed by atoms with E-state index < -0.39 is 35.3 Å². The summed E-state index contributed by atoms with van der Waals surface area (Å²) < 4.78 is 28.2. The van der Waals surface area contributed by atoms with Crippen LogP contribution in [0, 0.1) is 28.9 Å². The van der Waals surface area contributed by atoms with Gasteiger partial charge in [-0.3, -0.25) is 9.36 Å². The molecule has 2 heterocycles. The molecule has 1 amide bonds. The zero-order chi connectivity index (χ0) is 29.0. The third-order valence-electron chi connectivity index (χ3n) is 6.71. The molecule has 40 heavy (non-hydrogen) atoms. The van der Waals surface area contributed by atoms with Crippen molar-refractivity contribution in [2.24, 2.45) is 5.41 Å². The number of halogens is 3. The second-order valence-corrected chi connectivity index (χ2v) is 9.73. The van der Waals surface area contributed by atoms with Gasteiger partial charge in [0.05, 0.1) is 11.7 Å². The van der Waals surface area contributed by atoms with E-state index in [4.69, 9.17) is 11.6 Å². The number of imidazole rings is 1. The highest BCUT2D eigenvalue weighted by molar-refractivity contribution is 6.30. The van der Waals surface area contributed by atoms with Crippen LogP contribution in [-0.4, -0.2) is 48.8 Å². The Morgan fingerprint density at radius 1 is 1.15 bits per heavy atom. The van der Waals surface area contributed by atoms with Crippen molar-refractivity contribution in [3.63, 3.8) is 0 Å². The zero-order valence-corrected chi connectivity index (χ0v) is 22.7. The lowest BCUT2D eigenvalue weighted by Crippen LogP contribution is -2.48. The summed E-state index contributed by atoms with van der Waals surface area (Å²) in [4.78, 5) is 25.7. The Kier molecular flexibility index (Phi) is 8.64. The number of rotatable bonds is 8. The summed E-state index contributed by atoms with van der Waals surface area (Å²) in [7, 11) is 1.45. The van der Waals surface area contributed by atoms with Crippen LogP contribution in [0.2, 0.25) is 5.02 Å². The first-order valence-electron chi connectivity index (χ1n) is 12.4. The summed E-state index contributed by atoms with van der Waals surface area (Å²) >= 11 is 6.10. The Hall–Kier alpha value is -4.11. The minimum absolute atomic E-state index is 0.0150. The normalized spacial score (nSPS) is 14.1. The van der Waals surface area contributed by atoms with Gasteiger partial charge in [0, 0.05) is 24.2 Å². The van der Waals surface area contributed by atoms with Crippen molar-refractivity contribution in [2.45, 2.75) is 39.1 Å². The number of aliphatic hydroxyl groups is 2. The summed E-state index contributed by atoms with van der Waals surface area (Å²) in [5.74, 6) is 3.20. The summed E-state index contributed by atoms with van der Waals surface area (Å²) in [6.07, 6.45) is -1.60. The fraction of sp³-hybridized carbons (Fsp3) is 0.286. The second kappa shape index (κ2) is 12.0. The fourth-order valence-electron chi connectivity index (χ4n) is 4.09. The van der Waals surface area contributed by atoms with E-state index >= 15 is 0 Å². The Balaban J connectivity index is 1.78. The molecule has 3 atom stereocenters. The molecule has 0 saturated heterocycles. The zero-order valence-electron chi connectivity index (χ0n) is 21.9. The number of carbonyl (C=O) groups excluding carboxylic acids is 1. The van der Waals surface area contributed by atoms with Crippen LogP contribution < -0.4 is 10.6 Å². The lowest BCUT2D eigenvalue weighted by atomic mass is 9.79. The quantitative estimate of drug-likeness (QED) is 0.238. The summed E-state index contributed by atoms with van der Waals surface area (Å²) in [6.45, 7) is 3.58. The van der Waals surface area contributed by atoms with Crippen LogP contribution in [0.15, 0.2) is 48.8 Å². The van der Waals surface area contributed by atoms with E-state index in [1.165, 1.54) is 24.0 Å². The molecule has 4 N–H and O–H groups in total. The average Bonchev–Trinajstić information content (AvgIpc) is 3.39. The standard InChI is InChI=1S/C28H27ClF2N6O3/c1-4-28(2,27(40)32-3)23(38)26(39)37-15-34-22-24(33-14-17-6-5-7-18(29)12-17)35-21(36-25(22)37)11-9-16-8-10-19(30)20(31)13-16/h5-8,10,12-13,15,23,26,38-39H,4,14H2,1-3H3,(H,32,40)(H,33,35,36)/t23-,26?,28-/m0/s1. The summed E-state index contributed by atoms with van der Waals surface area (Å²) in [5.41, 5.74) is 0.128. The molecule has 2 aromatic carbocycles. The number of aliphatic hydroxyl groups excluding tert-OH is 2. The van der Waals surface area contributed by atoms with E-state index in [0.29, 0.717) is 11.6 Å². The van der Waals surface area contributed by atoms with Crippen molar-refractivity contribution in [2.75, 3.05) is 12.4 Å². The molecule has 9 nitrogen and oxygen atoms in total. The Morgan fingerprint density at radius 3 is 2.60 bits per heavy atom. The van der Waals surface area contributed by atoms with Crippen LogP contribution in [0.1, 0.15) is 43.4 Å². The number of aromatic nitrogens is 4. The molecule has 2 aromatic heterocycles. The monoisotopic (exact) mass is 568 g/mol. The third kappa shape index (κ3) is 5.89. The van der Waals surface area contributed by atoms with Gasteiger partial charge >= 0.3 is 0 Å². The molecule has 4 aromatic rings. The number of amides is 1. The first kappa shape index (κ1) is 28.9. The van der Waals surface area contributed by atoms with E-state index in [-0.39, 0.29) is 34.8 Å². The van der Waals surface area contributed by atoms with Crippen LogP contribution in [0.4, 0.5) is 14.6 Å². The molecule has 0 saturated carbocycles. The van der Waals surface area contributed by atoms with E-state index in [0.717, 1.165) is 17.7 Å². The van der Waals surface area contributed by atoms with Gasteiger partial charge in [-0.1, -0.05) is 36.6 Å². The Morgan fingerprint density at radius 2 is 1.93 bits per heavy atom. The molecule has 4 rings (SSSR count). The van der Waals surface area contributed by atoms with Crippen molar-refractivity contribution >= 4 is 34.5 Å². The number of benzene rings is 2. The maximum Gasteiger partial charge on any atom is 0.228 e. The van der Waals surface area contributed by atoms with Crippen molar-refractivity contribution in [1.82, 2.24) is 24.8 Å². The van der Waals surface area contributed by atoms with Crippen molar-refractivity contribution < 1.29 is 23.8 Å². The van der Waals surface area contributed by atoms with E-state index in [1.807, 2.05) is 6.07 Å². The molecule has 12 heteroatoms. The number of anilines is 1. The molecular weight excluding hydrogens is 542 g/mol. The maximum atomic E-state index is 13.7. The molecule has 208 valence electrons. The first-order chi connectivity index (χ1) is 19.1. The predicted octanol–water partition coefficient (Wildman–Crippen LogP) is 3.78. The van der Waals surface area contributed by atoms with Gasteiger partial charge in [0.15, 0.2) is 34.8 Å². The van der Waals surface area contributed by atoms with E-state index in [9.17, 15) is 23.8 Å². The molecule has 0 aliphatic carbocycles. The van der Waals surface area contributed by atoms with Gasteiger partial charge in [-0.2, -0.15) is 0 Å². The minimum Gasteiger partial charge on any atom is -0.387 e. The lowest BCUT2D eigenvalue weighted by Gasteiger charge is -2.34. The third-order valence-corrected chi connectivity index (χ3v) is 6.94. The van der Waals surface area contributed by atoms with Gasteiger partial charge < -0.3 is 20.8 Å². The molecule has 0 aliphatic heterocycles. The summed E-state index contributed by atoms with van der Waals surface area (Å²) in [5, 5.41) is 28.5. The van der Waals surface area contributed by atoms with Crippen LogP contribution in [0.3, 0.4) is 0 Å². The molecule has 1 unspecified atom stereocenters. The van der Waals surface area contributed by atoms with Crippen LogP contribution in [0.5, 0.6) is 0 Å². The number of nitrogens with one attached hydrogen (secondary N) is 2. The number of nitrogens with zero attached hydrogens (tertiary/aromatic N) is 4. The van der Waals surface area contributed by atoms with Crippen molar-refractivity contribution in [3.8, 4) is 11.8 Å². The number of hydrogen-bond acceptors (Lipinski definition) is 7. The fourth-order valence-corrected chi connectivity index (χ4v) is 4.31. The number of carbonyl (C=O) groups is 1. The maximum absolute atomic E-state index is 13.7. The predicted molar refractivity (Wildman–Crippen MR) is 146 cm³/mol. The average molecular weight is 569 g/mol. The molecule has 0 fully saturated rings. The number of hydrogen-bond donors (Lipinski definition) is 4. The Labute approximate surface area is 234 Å². The van der Waals surface area contributed by atoms with Crippen LogP contribution >= 0.6 is 11.6 Å². The van der Waals surface area contributed by atoms with Crippen LogP contribution in [-0.2, 0) is 11.3 Å². The van der Waals surface area contributed by atoms with Gasteiger partial charge in [-0.05, 0) is 55.2 Å². The SMILES string of the molecule is CC[C@](C)(C(=O)NC)[C@@H](O)C(O)n1cnc2c(NCc3cccc(Cl)c3)nc(C#Cc3ccc(F)c(F)c3)nc21. The van der Waals surface area contributed by atoms with Gasteiger partial charge in [-0.25, -0.2) is 23.7 Å². The second-order valence-electron chi connectivity index (χ2n) is 9.29. The Bertz CT molecular complexity index is 1620. The van der Waals surface area contributed by atoms with Crippen molar-refractivity contribution in [1.29, 1.82) is 0 Å². The lowest BCUT2D eigenvalue weighted by molar-refractivity contribution is -0.148. The van der Waals surface area contributed by atoms with Crippen molar-refractivity contribution in [3.05, 3.63) is 82.4 Å². The van der Waals surface area contributed by atoms with Crippen LogP contribution in [0.25, 0.3) is 11.2 Å². The van der Waals surface area contributed by atoms with Gasteiger partial charge in [0.2, 0.25) is 11.7 Å². The number of fused-ring (bicyclic) bond motifs is 1. The highest BCUT2D eigenvalue weighted by atomic mass is 35.5. The highest BCUT2D eigenvalue weighted by Gasteiger charge is 2.43. The molecule has 0 radical (unpaired) electrons. The van der Waals surface area contributed by atoms with Gasteiger partial charge in [0.25, 0.3) is 0 Å². The minimum atomic E-state index is -1.60. The molecule has 0 spiro atoms. The molecular formula is C28H27ClF2N6O3. The van der Waals surface area contributed by atoms with Gasteiger partial charge in [0.1, 0.15) is 6.10 Å². The van der Waals surface area contributed by atoms with E-state index in [1.54, 1.807) is 32.0 Å². The molecule has 0 bridgehead atoms. The van der Waals surface area contributed by atoms with Gasteiger partial charge in [-0.15, -0.1) is 0 Å². The van der Waals surface area contributed by atoms with E-state index in [2.05, 4.69) is 37.4 Å². The largest absolute Gasteiger partial charge is 0.387 e. The topological polar surface area (TPSA) is 125 Å². The smallest absolute Gasteiger partial charge is 0.228 e. The molecule has 0 aliphatic rings. The summed E-state index contributed by atoms with van der Waals surface area (Å²) in [6, 6.07) is 10.4. The first-order valence-corrected chi connectivity index (χ1v) is 12.7.